The van der Waals surface area contributed by atoms with Crippen LogP contribution in [0, 0.1) is 0 Å². The van der Waals surface area contributed by atoms with Gasteiger partial charge in [0.15, 0.2) is 18.5 Å². The van der Waals surface area contributed by atoms with E-state index in [0.29, 0.717) is 11.1 Å². The molecular weight excluding hydrogens is 475 g/mol. The van der Waals surface area contributed by atoms with Crippen LogP contribution in [0.15, 0.2) is 60.7 Å². The summed E-state index contributed by atoms with van der Waals surface area (Å²) in [7, 11) is -1.98. The minimum absolute atomic E-state index is 0.0223. The fraction of sp³-hybridized carbons (Fsp3) is 0.440. The molecule has 0 aliphatic carbocycles. The molecule has 0 amide bonds. The summed E-state index contributed by atoms with van der Waals surface area (Å²) in [5.74, 6) is -1.23. The second kappa shape index (κ2) is 13.0. The van der Waals surface area contributed by atoms with E-state index in [4.69, 9.17) is 28.0 Å². The van der Waals surface area contributed by atoms with Crippen LogP contribution in [0.1, 0.15) is 41.0 Å². The standard InChI is InChI=1S/C25H31O9P/c1-4-30-35(28,31-5-2)17-16-20-21(33-23(26)18-12-8-6-9-13-18)22(25(29-3)32-20)34-24(27)19-14-10-7-11-15-19/h6-15,20-22,25H,4-5,16-17H2,1-3H3/t20-,21-,22-,25-/m1/s1. The van der Waals surface area contributed by atoms with Crippen LogP contribution in [0.2, 0.25) is 0 Å². The van der Waals surface area contributed by atoms with Crippen LogP contribution in [0.4, 0.5) is 0 Å². The summed E-state index contributed by atoms with van der Waals surface area (Å²) < 4.78 is 46.6. The van der Waals surface area contributed by atoms with Crippen LogP contribution in [0.25, 0.3) is 0 Å². The van der Waals surface area contributed by atoms with Crippen molar-refractivity contribution in [3.05, 3.63) is 71.8 Å². The molecule has 0 N–H and O–H groups in total. The number of hydrogen-bond donors (Lipinski definition) is 0. The van der Waals surface area contributed by atoms with Gasteiger partial charge in [0.25, 0.3) is 0 Å². The number of methoxy groups -OCH3 is 1. The molecule has 1 saturated heterocycles. The zero-order valence-corrected chi connectivity index (χ0v) is 20.9. The Morgan fingerprint density at radius 2 is 1.31 bits per heavy atom. The van der Waals surface area contributed by atoms with Gasteiger partial charge in [0, 0.05) is 7.11 Å². The summed E-state index contributed by atoms with van der Waals surface area (Å²) >= 11 is 0. The Kier molecular flexibility index (Phi) is 10.0. The van der Waals surface area contributed by atoms with Gasteiger partial charge in [0.2, 0.25) is 0 Å². The molecular formula is C25H31O9P. The van der Waals surface area contributed by atoms with Crippen molar-refractivity contribution >= 4 is 19.5 Å². The largest absolute Gasteiger partial charge is 0.452 e. The highest BCUT2D eigenvalue weighted by Gasteiger charge is 2.50. The number of carbonyl (C=O) groups is 2. The van der Waals surface area contributed by atoms with Gasteiger partial charge in [0.05, 0.1) is 30.5 Å². The smallest absolute Gasteiger partial charge is 0.338 e. The topological polar surface area (TPSA) is 107 Å². The Balaban J connectivity index is 1.84. The van der Waals surface area contributed by atoms with Crippen LogP contribution in [-0.2, 0) is 32.6 Å². The molecule has 4 atom stereocenters. The molecule has 0 saturated carbocycles. The van der Waals surface area contributed by atoms with Gasteiger partial charge in [0.1, 0.15) is 6.10 Å². The highest BCUT2D eigenvalue weighted by molar-refractivity contribution is 7.53. The number of carbonyl (C=O) groups excluding carboxylic acids is 2. The molecule has 190 valence electrons. The second-order valence-corrected chi connectivity index (χ2v) is 9.89. The molecule has 0 radical (unpaired) electrons. The molecule has 2 aromatic carbocycles. The third-order valence-electron chi connectivity index (χ3n) is 5.34. The van der Waals surface area contributed by atoms with Crippen molar-refractivity contribution in [3.8, 4) is 0 Å². The molecule has 2 aromatic rings. The molecule has 0 bridgehead atoms. The van der Waals surface area contributed by atoms with Crippen molar-refractivity contribution < 1.29 is 42.1 Å². The molecule has 1 aliphatic heterocycles. The first kappa shape index (κ1) is 27.0. The molecule has 1 heterocycles. The zero-order chi connectivity index (χ0) is 25.3. The summed E-state index contributed by atoms with van der Waals surface area (Å²) in [6.07, 6.45) is -3.67. The number of esters is 2. The van der Waals surface area contributed by atoms with E-state index in [2.05, 4.69) is 0 Å². The number of rotatable bonds is 12. The summed E-state index contributed by atoms with van der Waals surface area (Å²) in [5, 5.41) is 0. The Morgan fingerprint density at radius 3 is 1.77 bits per heavy atom. The molecule has 1 aliphatic rings. The van der Waals surface area contributed by atoms with Gasteiger partial charge in [-0.1, -0.05) is 36.4 Å². The summed E-state index contributed by atoms with van der Waals surface area (Å²) in [5.41, 5.74) is 0.658. The van der Waals surface area contributed by atoms with Gasteiger partial charge in [-0.15, -0.1) is 0 Å². The lowest BCUT2D eigenvalue weighted by Crippen LogP contribution is -2.41. The average Bonchev–Trinajstić information content (AvgIpc) is 3.20. The lowest BCUT2D eigenvalue weighted by Gasteiger charge is -2.25. The van der Waals surface area contributed by atoms with E-state index >= 15 is 0 Å². The quantitative estimate of drug-likeness (QED) is 0.305. The van der Waals surface area contributed by atoms with Crippen molar-refractivity contribution in [2.45, 2.75) is 44.9 Å². The summed E-state index contributed by atoms with van der Waals surface area (Å²) in [4.78, 5) is 25.7. The maximum absolute atomic E-state index is 13.0. The average molecular weight is 506 g/mol. The first-order chi connectivity index (χ1) is 16.9. The molecule has 9 nitrogen and oxygen atoms in total. The predicted octanol–water partition coefficient (Wildman–Crippen LogP) is 4.47. The van der Waals surface area contributed by atoms with Crippen LogP contribution < -0.4 is 0 Å². The van der Waals surface area contributed by atoms with Gasteiger partial charge in [-0.2, -0.15) is 0 Å². The van der Waals surface area contributed by atoms with Gasteiger partial charge < -0.3 is 28.0 Å². The van der Waals surface area contributed by atoms with Crippen molar-refractivity contribution in [1.29, 1.82) is 0 Å². The van der Waals surface area contributed by atoms with E-state index in [-0.39, 0.29) is 25.8 Å². The Hall–Kier alpha value is -2.55. The van der Waals surface area contributed by atoms with Crippen molar-refractivity contribution in [3.63, 3.8) is 0 Å². The normalized spacial score (nSPS) is 22.0. The van der Waals surface area contributed by atoms with Crippen LogP contribution in [0.3, 0.4) is 0 Å². The Labute approximate surface area is 205 Å². The lowest BCUT2D eigenvalue weighted by molar-refractivity contribution is -0.150. The minimum atomic E-state index is -3.38. The summed E-state index contributed by atoms with van der Waals surface area (Å²) in [6.45, 7) is 3.88. The number of benzene rings is 2. The lowest BCUT2D eigenvalue weighted by atomic mass is 10.1. The fourth-order valence-electron chi connectivity index (χ4n) is 3.76. The molecule has 0 unspecified atom stereocenters. The molecule has 1 fully saturated rings. The van der Waals surface area contributed by atoms with E-state index < -0.39 is 44.1 Å². The van der Waals surface area contributed by atoms with E-state index in [1.807, 2.05) is 0 Å². The minimum Gasteiger partial charge on any atom is -0.452 e. The van der Waals surface area contributed by atoms with Gasteiger partial charge in [-0.25, -0.2) is 9.59 Å². The highest BCUT2D eigenvalue weighted by atomic mass is 31.2. The second-order valence-electron chi connectivity index (χ2n) is 7.71. The molecule has 0 spiro atoms. The van der Waals surface area contributed by atoms with E-state index in [1.54, 1.807) is 74.5 Å². The maximum Gasteiger partial charge on any atom is 0.338 e. The fourth-order valence-corrected chi connectivity index (χ4v) is 5.45. The third-order valence-corrected chi connectivity index (χ3v) is 7.45. The SMILES string of the molecule is CCOP(=O)(CC[C@H]1O[C@@H](OC)[C@H](OC(=O)c2ccccc2)[C@@H]1OC(=O)c1ccccc1)OCC. The summed E-state index contributed by atoms with van der Waals surface area (Å²) in [6, 6.07) is 16.9. The van der Waals surface area contributed by atoms with E-state index in [1.165, 1.54) is 7.11 Å². The maximum atomic E-state index is 13.0. The van der Waals surface area contributed by atoms with Gasteiger partial charge in [-0.05, 0) is 44.5 Å². The number of hydrogen-bond acceptors (Lipinski definition) is 9. The predicted molar refractivity (Wildman–Crippen MR) is 127 cm³/mol. The third kappa shape index (κ3) is 7.22. The van der Waals surface area contributed by atoms with Crippen molar-refractivity contribution in [1.82, 2.24) is 0 Å². The first-order valence-electron chi connectivity index (χ1n) is 11.5. The monoisotopic (exact) mass is 506 g/mol. The van der Waals surface area contributed by atoms with Crippen LogP contribution in [-0.4, -0.2) is 63.0 Å². The molecule has 3 rings (SSSR count). The van der Waals surface area contributed by atoms with E-state index in [0.717, 1.165) is 0 Å². The number of ether oxygens (including phenoxy) is 4. The first-order valence-corrected chi connectivity index (χ1v) is 13.2. The molecule has 35 heavy (non-hydrogen) atoms. The zero-order valence-electron chi connectivity index (χ0n) is 20.0. The van der Waals surface area contributed by atoms with Crippen LogP contribution in [0.5, 0.6) is 0 Å². The van der Waals surface area contributed by atoms with Gasteiger partial charge in [-0.3, -0.25) is 4.57 Å². The molecule has 10 heteroatoms. The van der Waals surface area contributed by atoms with Crippen molar-refractivity contribution in [2.75, 3.05) is 26.5 Å². The molecule has 0 aromatic heterocycles. The van der Waals surface area contributed by atoms with Crippen molar-refractivity contribution in [2.24, 2.45) is 0 Å². The van der Waals surface area contributed by atoms with E-state index in [9.17, 15) is 14.2 Å². The Morgan fingerprint density at radius 1 is 0.829 bits per heavy atom. The van der Waals surface area contributed by atoms with Crippen LogP contribution >= 0.6 is 7.60 Å². The van der Waals surface area contributed by atoms with Gasteiger partial charge >= 0.3 is 19.5 Å². The highest BCUT2D eigenvalue weighted by Crippen LogP contribution is 2.49. The Bertz CT molecular complexity index is 989.